The van der Waals surface area contributed by atoms with E-state index in [9.17, 15) is 4.39 Å². The molecule has 1 aliphatic rings. The van der Waals surface area contributed by atoms with Gasteiger partial charge in [0, 0.05) is 18.8 Å². The van der Waals surface area contributed by atoms with Gasteiger partial charge in [-0.25, -0.2) is 4.39 Å². The third kappa shape index (κ3) is 1.91. The summed E-state index contributed by atoms with van der Waals surface area (Å²) in [4.78, 5) is 4.16. The predicted molar refractivity (Wildman–Crippen MR) is 50.5 cm³/mol. The fourth-order valence-electron chi connectivity index (χ4n) is 1.53. The number of nitrogens with zero attached hydrogens (tertiary/aromatic N) is 1. The Balaban J connectivity index is 2.24. The monoisotopic (exact) mass is 196 g/mol. The van der Waals surface area contributed by atoms with Crippen molar-refractivity contribution in [1.82, 2.24) is 10.3 Å². The maximum absolute atomic E-state index is 13.4. The Hall–Kier alpha value is -1.00. The molecule has 0 radical (unpaired) electrons. The quantitative estimate of drug-likeness (QED) is 0.732. The van der Waals surface area contributed by atoms with Crippen molar-refractivity contribution in [2.75, 3.05) is 19.7 Å². The van der Waals surface area contributed by atoms with E-state index in [4.69, 9.17) is 4.74 Å². The highest BCUT2D eigenvalue weighted by Gasteiger charge is 2.20. The van der Waals surface area contributed by atoms with Gasteiger partial charge in [0.2, 0.25) is 0 Å². The van der Waals surface area contributed by atoms with Gasteiger partial charge in [-0.3, -0.25) is 4.98 Å². The van der Waals surface area contributed by atoms with E-state index in [0.717, 1.165) is 12.2 Å². The molecule has 0 amide bonds. The van der Waals surface area contributed by atoms with Gasteiger partial charge in [-0.2, -0.15) is 0 Å². The largest absolute Gasteiger partial charge is 0.369 e. The molecule has 0 spiro atoms. The zero-order chi connectivity index (χ0) is 9.97. The first-order valence-corrected chi connectivity index (χ1v) is 4.73. The van der Waals surface area contributed by atoms with Gasteiger partial charge >= 0.3 is 0 Å². The standard InChI is InChI=1S/C10H13FN2O/c1-7-2-3-8(11)10(13-7)9-6-12-4-5-14-9/h2-3,9,12H,4-6H2,1H3/t9-/m1/s1. The maximum Gasteiger partial charge on any atom is 0.147 e. The molecule has 3 nitrogen and oxygen atoms in total. The Morgan fingerprint density at radius 1 is 1.57 bits per heavy atom. The molecule has 2 rings (SSSR count). The van der Waals surface area contributed by atoms with Crippen LogP contribution in [0.1, 0.15) is 17.5 Å². The first-order chi connectivity index (χ1) is 6.77. The fourth-order valence-corrected chi connectivity index (χ4v) is 1.53. The Labute approximate surface area is 82.3 Å². The van der Waals surface area contributed by atoms with Gasteiger partial charge in [-0.1, -0.05) is 0 Å². The van der Waals surface area contributed by atoms with Gasteiger partial charge in [-0.15, -0.1) is 0 Å². The molecule has 1 aliphatic heterocycles. The summed E-state index contributed by atoms with van der Waals surface area (Å²) in [7, 11) is 0. The van der Waals surface area contributed by atoms with Gasteiger partial charge in [0.15, 0.2) is 0 Å². The molecule has 1 aromatic rings. The van der Waals surface area contributed by atoms with Crippen molar-refractivity contribution in [2.24, 2.45) is 0 Å². The summed E-state index contributed by atoms with van der Waals surface area (Å²) < 4.78 is 18.8. The summed E-state index contributed by atoms with van der Waals surface area (Å²) in [6.07, 6.45) is -0.247. The lowest BCUT2D eigenvalue weighted by molar-refractivity contribution is 0.0226. The van der Waals surface area contributed by atoms with E-state index in [-0.39, 0.29) is 11.9 Å². The minimum Gasteiger partial charge on any atom is -0.369 e. The van der Waals surface area contributed by atoms with Crippen LogP contribution in [0.2, 0.25) is 0 Å². The van der Waals surface area contributed by atoms with E-state index in [1.807, 2.05) is 6.92 Å². The minimum absolute atomic E-state index is 0.247. The van der Waals surface area contributed by atoms with Crippen LogP contribution in [-0.2, 0) is 4.74 Å². The Bertz CT molecular complexity index is 324. The third-order valence-electron chi connectivity index (χ3n) is 2.24. The highest BCUT2D eigenvalue weighted by Crippen LogP contribution is 2.19. The van der Waals surface area contributed by atoms with Crippen molar-refractivity contribution in [3.8, 4) is 0 Å². The smallest absolute Gasteiger partial charge is 0.147 e. The van der Waals surface area contributed by atoms with Crippen LogP contribution < -0.4 is 5.32 Å². The van der Waals surface area contributed by atoms with Crippen molar-refractivity contribution in [2.45, 2.75) is 13.0 Å². The van der Waals surface area contributed by atoms with Crippen LogP contribution in [0.15, 0.2) is 12.1 Å². The number of hydrogen-bond acceptors (Lipinski definition) is 3. The molecule has 0 saturated carbocycles. The molecule has 14 heavy (non-hydrogen) atoms. The van der Waals surface area contributed by atoms with E-state index in [2.05, 4.69) is 10.3 Å². The Morgan fingerprint density at radius 2 is 2.43 bits per heavy atom. The molecule has 1 atom stereocenters. The topological polar surface area (TPSA) is 34.1 Å². The Morgan fingerprint density at radius 3 is 3.14 bits per heavy atom. The summed E-state index contributed by atoms with van der Waals surface area (Å²) in [6.45, 7) is 3.91. The molecular weight excluding hydrogens is 183 g/mol. The van der Waals surface area contributed by atoms with E-state index < -0.39 is 0 Å². The average molecular weight is 196 g/mol. The van der Waals surface area contributed by atoms with Crippen molar-refractivity contribution in [1.29, 1.82) is 0 Å². The van der Waals surface area contributed by atoms with E-state index in [0.29, 0.717) is 18.8 Å². The van der Waals surface area contributed by atoms with Crippen LogP contribution in [0.4, 0.5) is 4.39 Å². The molecule has 0 aromatic carbocycles. The zero-order valence-corrected chi connectivity index (χ0v) is 8.09. The molecular formula is C10H13FN2O. The number of rotatable bonds is 1. The molecule has 1 aromatic heterocycles. The predicted octanol–water partition coefficient (Wildman–Crippen LogP) is 1.19. The van der Waals surface area contributed by atoms with Gasteiger partial charge < -0.3 is 10.1 Å². The maximum atomic E-state index is 13.4. The van der Waals surface area contributed by atoms with Crippen molar-refractivity contribution in [3.63, 3.8) is 0 Å². The number of aromatic nitrogens is 1. The number of pyridine rings is 1. The molecule has 0 unspecified atom stereocenters. The van der Waals surface area contributed by atoms with Crippen molar-refractivity contribution >= 4 is 0 Å². The molecule has 1 saturated heterocycles. The average Bonchev–Trinajstić information content (AvgIpc) is 2.23. The zero-order valence-electron chi connectivity index (χ0n) is 8.09. The Kier molecular flexibility index (Phi) is 2.74. The lowest BCUT2D eigenvalue weighted by Crippen LogP contribution is -2.34. The number of nitrogens with one attached hydrogen (secondary N) is 1. The highest BCUT2D eigenvalue weighted by molar-refractivity contribution is 5.15. The van der Waals surface area contributed by atoms with Gasteiger partial charge in [-0.05, 0) is 19.1 Å². The van der Waals surface area contributed by atoms with Gasteiger partial charge in [0.05, 0.1) is 6.61 Å². The number of aryl methyl sites for hydroxylation is 1. The first kappa shape index (κ1) is 9.55. The first-order valence-electron chi connectivity index (χ1n) is 4.73. The lowest BCUT2D eigenvalue weighted by atomic mass is 10.2. The van der Waals surface area contributed by atoms with Crippen molar-refractivity contribution in [3.05, 3.63) is 29.3 Å². The molecule has 76 valence electrons. The molecule has 2 heterocycles. The van der Waals surface area contributed by atoms with Crippen LogP contribution in [-0.4, -0.2) is 24.7 Å². The van der Waals surface area contributed by atoms with E-state index in [1.54, 1.807) is 6.07 Å². The van der Waals surface area contributed by atoms with Crippen LogP contribution in [0.3, 0.4) is 0 Å². The summed E-state index contributed by atoms with van der Waals surface area (Å²) in [5.41, 5.74) is 1.23. The summed E-state index contributed by atoms with van der Waals surface area (Å²) in [5, 5.41) is 3.15. The molecule has 0 aliphatic carbocycles. The highest BCUT2D eigenvalue weighted by atomic mass is 19.1. The van der Waals surface area contributed by atoms with Gasteiger partial charge in [0.1, 0.15) is 17.6 Å². The second-order valence-corrected chi connectivity index (χ2v) is 3.38. The van der Waals surface area contributed by atoms with E-state index in [1.165, 1.54) is 6.07 Å². The van der Waals surface area contributed by atoms with Crippen LogP contribution in [0, 0.1) is 12.7 Å². The second kappa shape index (κ2) is 4.02. The summed E-state index contributed by atoms with van der Waals surface area (Å²) >= 11 is 0. The van der Waals surface area contributed by atoms with Crippen LogP contribution in [0.5, 0.6) is 0 Å². The third-order valence-corrected chi connectivity index (χ3v) is 2.24. The fraction of sp³-hybridized carbons (Fsp3) is 0.500. The molecule has 4 heteroatoms. The summed E-state index contributed by atoms with van der Waals surface area (Å²) in [6, 6.07) is 3.10. The lowest BCUT2D eigenvalue weighted by Gasteiger charge is -2.23. The molecule has 1 N–H and O–H groups in total. The second-order valence-electron chi connectivity index (χ2n) is 3.38. The minimum atomic E-state index is -0.288. The van der Waals surface area contributed by atoms with E-state index >= 15 is 0 Å². The number of halogens is 1. The van der Waals surface area contributed by atoms with Crippen LogP contribution in [0.25, 0.3) is 0 Å². The molecule has 0 bridgehead atoms. The number of ether oxygens (including phenoxy) is 1. The SMILES string of the molecule is Cc1ccc(F)c([C@H]2CNCCO2)n1. The normalized spacial score (nSPS) is 22.3. The number of morpholine rings is 1. The summed E-state index contributed by atoms with van der Waals surface area (Å²) in [5.74, 6) is -0.288. The van der Waals surface area contributed by atoms with Gasteiger partial charge in [0.25, 0.3) is 0 Å². The number of hydrogen-bond donors (Lipinski definition) is 1. The van der Waals surface area contributed by atoms with Crippen molar-refractivity contribution < 1.29 is 9.13 Å². The molecule has 1 fully saturated rings. The van der Waals surface area contributed by atoms with Crippen LogP contribution >= 0.6 is 0 Å².